The van der Waals surface area contributed by atoms with Gasteiger partial charge in [0.15, 0.2) is 12.4 Å². The first-order chi connectivity index (χ1) is 11.0. The summed E-state index contributed by atoms with van der Waals surface area (Å²) in [6.45, 7) is 0.712. The summed E-state index contributed by atoms with van der Waals surface area (Å²) in [7, 11) is 1.60. The zero-order chi connectivity index (χ0) is 16.8. The molecule has 0 atom stereocenters. The van der Waals surface area contributed by atoms with Gasteiger partial charge in [-0.25, -0.2) is 0 Å². The Bertz CT molecular complexity index is 597. The van der Waals surface area contributed by atoms with Crippen molar-refractivity contribution in [2.45, 2.75) is 12.8 Å². The fourth-order valence-corrected chi connectivity index (χ4v) is 2.56. The number of hydrogen-bond donors (Lipinski definition) is 1. The molecule has 2 amide bonds. The lowest BCUT2D eigenvalue weighted by Gasteiger charge is -2.31. The third-order valence-electron chi connectivity index (χ3n) is 3.88. The summed E-state index contributed by atoms with van der Waals surface area (Å²) in [5, 5.41) is 13.5. The highest BCUT2D eigenvalue weighted by Gasteiger charge is 2.27. The molecule has 124 valence electrons. The minimum absolute atomic E-state index is 0.00624. The quantitative estimate of drug-likeness (QED) is 0.643. The molecule has 1 fully saturated rings. The van der Waals surface area contributed by atoms with Gasteiger partial charge in [0, 0.05) is 32.1 Å². The van der Waals surface area contributed by atoms with Crippen LogP contribution in [0.5, 0.6) is 5.75 Å². The van der Waals surface area contributed by atoms with Gasteiger partial charge in [0.05, 0.1) is 4.92 Å². The van der Waals surface area contributed by atoms with Crippen LogP contribution in [0.4, 0.5) is 5.69 Å². The van der Waals surface area contributed by atoms with E-state index < -0.39 is 4.92 Å². The predicted molar refractivity (Wildman–Crippen MR) is 82.0 cm³/mol. The lowest BCUT2D eigenvalue weighted by Crippen LogP contribution is -2.44. The number of para-hydroxylation sites is 2. The summed E-state index contributed by atoms with van der Waals surface area (Å²) in [6.07, 6.45) is 1.22. The molecular weight excluding hydrogens is 302 g/mol. The van der Waals surface area contributed by atoms with Gasteiger partial charge in [0.1, 0.15) is 0 Å². The second-order valence-electron chi connectivity index (χ2n) is 5.28. The SMILES string of the molecule is CNC(=O)C1CCN(C(=O)COc2ccccc2[N+](=O)[O-])CC1. The van der Waals surface area contributed by atoms with E-state index >= 15 is 0 Å². The molecule has 2 rings (SSSR count). The highest BCUT2D eigenvalue weighted by atomic mass is 16.6. The first kappa shape index (κ1) is 16.7. The van der Waals surface area contributed by atoms with Gasteiger partial charge in [-0.15, -0.1) is 0 Å². The summed E-state index contributed by atoms with van der Waals surface area (Å²) in [5.74, 6) is -0.238. The van der Waals surface area contributed by atoms with E-state index in [0.717, 1.165) is 0 Å². The zero-order valence-electron chi connectivity index (χ0n) is 12.9. The highest BCUT2D eigenvalue weighted by molar-refractivity contribution is 5.80. The molecule has 0 saturated carbocycles. The van der Waals surface area contributed by atoms with Gasteiger partial charge in [-0.3, -0.25) is 19.7 Å². The average molecular weight is 321 g/mol. The summed E-state index contributed by atoms with van der Waals surface area (Å²) < 4.78 is 5.30. The number of nitrogens with zero attached hydrogens (tertiary/aromatic N) is 2. The van der Waals surface area contributed by atoms with Gasteiger partial charge < -0.3 is 15.0 Å². The summed E-state index contributed by atoms with van der Waals surface area (Å²) in [6, 6.07) is 5.94. The van der Waals surface area contributed by atoms with Gasteiger partial charge >= 0.3 is 5.69 Å². The van der Waals surface area contributed by atoms with Crippen molar-refractivity contribution in [3.8, 4) is 5.75 Å². The van der Waals surface area contributed by atoms with Crippen molar-refractivity contribution in [1.82, 2.24) is 10.2 Å². The number of nitro groups is 1. The molecule has 0 radical (unpaired) electrons. The number of hydrogen-bond acceptors (Lipinski definition) is 5. The second kappa shape index (κ2) is 7.57. The first-order valence-corrected chi connectivity index (χ1v) is 7.38. The number of ether oxygens (including phenoxy) is 1. The van der Waals surface area contributed by atoms with Crippen LogP contribution in [-0.4, -0.2) is 48.4 Å². The van der Waals surface area contributed by atoms with E-state index in [4.69, 9.17) is 4.74 Å². The molecule has 8 nitrogen and oxygen atoms in total. The summed E-state index contributed by atoms with van der Waals surface area (Å²) in [4.78, 5) is 35.6. The Balaban J connectivity index is 1.87. The van der Waals surface area contributed by atoms with Crippen LogP contribution in [0, 0.1) is 16.0 Å². The number of carbonyl (C=O) groups excluding carboxylic acids is 2. The van der Waals surface area contributed by atoms with E-state index in [0.29, 0.717) is 25.9 Å². The van der Waals surface area contributed by atoms with Gasteiger partial charge in [-0.2, -0.15) is 0 Å². The molecule has 1 heterocycles. The fraction of sp³-hybridized carbons (Fsp3) is 0.467. The number of benzene rings is 1. The van der Waals surface area contributed by atoms with Crippen LogP contribution in [0.3, 0.4) is 0 Å². The Labute approximate surface area is 133 Å². The monoisotopic (exact) mass is 321 g/mol. The fourth-order valence-electron chi connectivity index (χ4n) is 2.56. The molecule has 1 N–H and O–H groups in total. The molecule has 1 aromatic carbocycles. The molecule has 8 heteroatoms. The smallest absolute Gasteiger partial charge is 0.310 e. The van der Waals surface area contributed by atoms with E-state index in [1.807, 2.05) is 0 Å². The standard InChI is InChI=1S/C15H19N3O5/c1-16-15(20)11-6-8-17(9-7-11)14(19)10-23-13-5-3-2-4-12(13)18(21)22/h2-5,11H,6-10H2,1H3,(H,16,20). The molecule has 1 saturated heterocycles. The molecule has 0 aliphatic carbocycles. The number of rotatable bonds is 5. The van der Waals surface area contributed by atoms with Crippen molar-refractivity contribution in [2.75, 3.05) is 26.7 Å². The van der Waals surface area contributed by atoms with Crippen LogP contribution in [0.15, 0.2) is 24.3 Å². The normalized spacial score (nSPS) is 15.1. The third kappa shape index (κ3) is 4.18. The molecule has 1 aromatic rings. The number of nitro benzene ring substituents is 1. The Hall–Kier alpha value is -2.64. The van der Waals surface area contributed by atoms with Gasteiger partial charge in [0.2, 0.25) is 5.91 Å². The third-order valence-corrected chi connectivity index (χ3v) is 3.88. The van der Waals surface area contributed by atoms with E-state index in [-0.39, 0.29) is 35.8 Å². The lowest BCUT2D eigenvalue weighted by atomic mass is 9.96. The maximum Gasteiger partial charge on any atom is 0.310 e. The zero-order valence-corrected chi connectivity index (χ0v) is 12.9. The molecule has 0 spiro atoms. The topological polar surface area (TPSA) is 102 Å². The molecular formula is C15H19N3O5. The van der Waals surface area contributed by atoms with E-state index in [2.05, 4.69) is 5.32 Å². The maximum absolute atomic E-state index is 12.1. The van der Waals surface area contributed by atoms with E-state index in [1.54, 1.807) is 18.0 Å². The van der Waals surface area contributed by atoms with Crippen molar-refractivity contribution in [3.63, 3.8) is 0 Å². The number of carbonyl (C=O) groups is 2. The Morgan fingerprint density at radius 3 is 2.61 bits per heavy atom. The lowest BCUT2D eigenvalue weighted by molar-refractivity contribution is -0.385. The van der Waals surface area contributed by atoms with Crippen LogP contribution in [0.25, 0.3) is 0 Å². The second-order valence-corrected chi connectivity index (χ2v) is 5.28. The molecule has 0 aromatic heterocycles. The first-order valence-electron chi connectivity index (χ1n) is 7.38. The van der Waals surface area contributed by atoms with Gasteiger partial charge in [-0.05, 0) is 18.9 Å². The molecule has 23 heavy (non-hydrogen) atoms. The van der Waals surface area contributed by atoms with Crippen molar-refractivity contribution < 1.29 is 19.2 Å². The summed E-state index contributed by atoms with van der Waals surface area (Å²) in [5.41, 5.74) is -0.168. The maximum atomic E-state index is 12.1. The predicted octanol–water partition coefficient (Wildman–Crippen LogP) is 0.958. The van der Waals surface area contributed by atoms with Crippen molar-refractivity contribution in [2.24, 2.45) is 5.92 Å². The van der Waals surface area contributed by atoms with Crippen LogP contribution in [0.2, 0.25) is 0 Å². The van der Waals surface area contributed by atoms with Crippen LogP contribution < -0.4 is 10.1 Å². The number of piperidine rings is 1. The van der Waals surface area contributed by atoms with Crippen LogP contribution >= 0.6 is 0 Å². The largest absolute Gasteiger partial charge is 0.477 e. The molecule has 1 aliphatic heterocycles. The minimum atomic E-state index is -0.547. The van der Waals surface area contributed by atoms with Crippen molar-refractivity contribution >= 4 is 17.5 Å². The Morgan fingerprint density at radius 1 is 1.35 bits per heavy atom. The number of amides is 2. The minimum Gasteiger partial charge on any atom is -0.477 e. The molecule has 1 aliphatic rings. The van der Waals surface area contributed by atoms with E-state index in [9.17, 15) is 19.7 Å². The van der Waals surface area contributed by atoms with Gasteiger partial charge in [0.25, 0.3) is 5.91 Å². The average Bonchev–Trinajstić information content (AvgIpc) is 2.59. The van der Waals surface area contributed by atoms with Crippen LogP contribution in [0.1, 0.15) is 12.8 Å². The highest BCUT2D eigenvalue weighted by Crippen LogP contribution is 2.26. The molecule has 0 unspecified atom stereocenters. The van der Waals surface area contributed by atoms with Gasteiger partial charge in [-0.1, -0.05) is 12.1 Å². The number of nitrogens with one attached hydrogen (secondary N) is 1. The molecule has 0 bridgehead atoms. The van der Waals surface area contributed by atoms with Crippen molar-refractivity contribution in [1.29, 1.82) is 0 Å². The summed E-state index contributed by atoms with van der Waals surface area (Å²) >= 11 is 0. The van der Waals surface area contributed by atoms with Crippen molar-refractivity contribution in [3.05, 3.63) is 34.4 Å². The van der Waals surface area contributed by atoms with E-state index in [1.165, 1.54) is 18.2 Å². The Morgan fingerprint density at radius 2 is 2.00 bits per heavy atom. The Kier molecular flexibility index (Phi) is 5.51. The van der Waals surface area contributed by atoms with Crippen LogP contribution in [-0.2, 0) is 9.59 Å². The number of likely N-dealkylation sites (tertiary alicyclic amines) is 1.